The zero-order chi connectivity index (χ0) is 13.1. The Balaban J connectivity index is 2.23. The number of hydrogen-bond acceptors (Lipinski definition) is 2. The van der Waals surface area contributed by atoms with Crippen LogP contribution in [0.2, 0.25) is 0 Å². The molecule has 1 aliphatic heterocycles. The van der Waals surface area contributed by atoms with E-state index in [-0.39, 0.29) is 0 Å². The predicted molar refractivity (Wildman–Crippen MR) is 70.3 cm³/mol. The summed E-state index contributed by atoms with van der Waals surface area (Å²) in [6.45, 7) is 10.5. The summed E-state index contributed by atoms with van der Waals surface area (Å²) in [5.74, 6) is 1.34. The molecule has 17 heavy (non-hydrogen) atoms. The van der Waals surface area contributed by atoms with Crippen molar-refractivity contribution in [2.24, 2.45) is 11.8 Å². The molecule has 1 fully saturated rings. The second-order valence-corrected chi connectivity index (χ2v) is 6.18. The quantitative estimate of drug-likeness (QED) is 0.525. The minimum absolute atomic E-state index is 0.315. The van der Waals surface area contributed by atoms with Gasteiger partial charge in [0, 0.05) is 6.61 Å². The minimum atomic E-state index is 0.315. The van der Waals surface area contributed by atoms with Crippen molar-refractivity contribution in [2.45, 2.75) is 59.1 Å². The molecule has 5 unspecified atom stereocenters. The number of hydrogen-bond donors (Lipinski definition) is 1. The fourth-order valence-electron chi connectivity index (χ4n) is 2.53. The Hall–Kier alpha value is -0.120. The van der Waals surface area contributed by atoms with Crippen molar-refractivity contribution in [2.75, 3.05) is 20.2 Å². The zero-order valence-corrected chi connectivity index (χ0v) is 12.1. The lowest BCUT2D eigenvalue weighted by Crippen LogP contribution is -2.30. The van der Waals surface area contributed by atoms with Crippen LogP contribution in [0.25, 0.3) is 0 Å². The summed E-state index contributed by atoms with van der Waals surface area (Å²) in [5, 5.41) is 8.84. The molecule has 0 aromatic rings. The second kappa shape index (κ2) is 6.17. The van der Waals surface area contributed by atoms with Gasteiger partial charge in [0.15, 0.2) is 12.6 Å². The van der Waals surface area contributed by atoms with E-state index in [2.05, 4.69) is 34.7 Å². The van der Waals surface area contributed by atoms with Gasteiger partial charge in [0.2, 0.25) is 0 Å². The number of aliphatic hydroxyl groups is 1. The van der Waals surface area contributed by atoms with Gasteiger partial charge in [-0.25, -0.2) is 0 Å². The Bertz CT molecular complexity index is 234. The molecule has 1 N–H and O–H groups in total. The Labute approximate surface area is 106 Å². The number of rotatable bonds is 8. The van der Waals surface area contributed by atoms with Crippen LogP contribution in [0, 0.1) is 11.8 Å². The average molecular weight is 244 g/mol. The molecule has 0 saturated carbocycles. The van der Waals surface area contributed by atoms with Gasteiger partial charge in [0.25, 0.3) is 0 Å². The summed E-state index contributed by atoms with van der Waals surface area (Å²) >= 11 is 0. The standard InChI is InChI=1S/C14H30NO2/c1-11(7-6-8-16)12(2)9-14(4)17-15(5)10-13(15)3/h11-14,16H,6-10H2,1-5H3/q+1. The molecule has 0 aliphatic carbocycles. The Morgan fingerprint density at radius 2 is 1.88 bits per heavy atom. The summed E-state index contributed by atoms with van der Waals surface area (Å²) in [5.41, 5.74) is 0. The van der Waals surface area contributed by atoms with Gasteiger partial charge >= 0.3 is 0 Å². The van der Waals surface area contributed by atoms with Gasteiger partial charge in [0.05, 0.1) is 7.05 Å². The maximum Gasteiger partial charge on any atom is 0.168 e. The summed E-state index contributed by atoms with van der Waals surface area (Å²) < 4.78 is 0.791. The van der Waals surface area contributed by atoms with E-state index >= 15 is 0 Å². The van der Waals surface area contributed by atoms with Crippen LogP contribution in [0.15, 0.2) is 0 Å². The lowest BCUT2D eigenvalue weighted by Gasteiger charge is -2.24. The number of nitrogens with zero attached hydrogens (tertiary/aromatic N) is 1. The van der Waals surface area contributed by atoms with Crippen LogP contribution in [0.1, 0.15) is 47.0 Å². The van der Waals surface area contributed by atoms with E-state index in [1.54, 1.807) is 0 Å². The van der Waals surface area contributed by atoms with Crippen LogP contribution < -0.4 is 0 Å². The predicted octanol–water partition coefficient (Wildman–Crippen LogP) is 2.59. The van der Waals surface area contributed by atoms with Crippen LogP contribution in [-0.2, 0) is 4.84 Å². The van der Waals surface area contributed by atoms with E-state index in [0.29, 0.717) is 30.6 Å². The first-order chi connectivity index (χ1) is 7.89. The second-order valence-electron chi connectivity index (χ2n) is 6.18. The average Bonchev–Trinajstić information content (AvgIpc) is 2.81. The molecule has 0 spiro atoms. The van der Waals surface area contributed by atoms with Gasteiger partial charge in [0.1, 0.15) is 6.10 Å². The molecule has 1 rings (SSSR count). The van der Waals surface area contributed by atoms with Gasteiger partial charge in [-0.05, 0) is 44.9 Å². The highest BCUT2D eigenvalue weighted by atomic mass is 16.7. The normalized spacial score (nSPS) is 33.2. The van der Waals surface area contributed by atoms with Crippen LogP contribution in [0.4, 0.5) is 0 Å². The van der Waals surface area contributed by atoms with Gasteiger partial charge in [-0.15, -0.1) is 0 Å². The minimum Gasteiger partial charge on any atom is -0.396 e. The summed E-state index contributed by atoms with van der Waals surface area (Å²) in [7, 11) is 2.17. The van der Waals surface area contributed by atoms with Crippen molar-refractivity contribution in [1.82, 2.24) is 0 Å². The van der Waals surface area contributed by atoms with E-state index in [0.717, 1.165) is 30.5 Å². The summed E-state index contributed by atoms with van der Waals surface area (Å²) in [6.07, 6.45) is 3.49. The van der Waals surface area contributed by atoms with Gasteiger partial charge in [-0.2, -0.15) is 9.48 Å². The van der Waals surface area contributed by atoms with Crippen molar-refractivity contribution in [3.63, 3.8) is 0 Å². The smallest absolute Gasteiger partial charge is 0.168 e. The highest BCUT2D eigenvalue weighted by Crippen LogP contribution is 2.31. The molecule has 0 aromatic carbocycles. The molecule has 5 atom stereocenters. The molecule has 1 saturated heterocycles. The topological polar surface area (TPSA) is 29.5 Å². The van der Waals surface area contributed by atoms with E-state index in [1.165, 1.54) is 0 Å². The SMILES string of the molecule is CC(CC(C)C(C)CCCO)O[N+]1(C)CC1C. The maximum atomic E-state index is 8.84. The summed E-state index contributed by atoms with van der Waals surface area (Å²) in [4.78, 5) is 6.07. The monoisotopic (exact) mass is 244 g/mol. The molecule has 0 bridgehead atoms. The Kier molecular flexibility index (Phi) is 5.42. The van der Waals surface area contributed by atoms with Crippen molar-refractivity contribution < 1.29 is 14.6 Å². The van der Waals surface area contributed by atoms with E-state index in [4.69, 9.17) is 9.94 Å². The highest BCUT2D eigenvalue weighted by molar-refractivity contribution is 4.66. The van der Waals surface area contributed by atoms with Crippen LogP contribution in [0.3, 0.4) is 0 Å². The fraction of sp³-hybridized carbons (Fsp3) is 1.00. The largest absolute Gasteiger partial charge is 0.396 e. The zero-order valence-electron chi connectivity index (χ0n) is 12.1. The third kappa shape index (κ3) is 4.57. The van der Waals surface area contributed by atoms with Crippen molar-refractivity contribution >= 4 is 0 Å². The highest BCUT2D eigenvalue weighted by Gasteiger charge is 2.51. The molecule has 1 aliphatic rings. The molecular formula is C14H30NO2+. The van der Waals surface area contributed by atoms with Crippen LogP contribution in [-0.4, -0.2) is 42.1 Å². The Morgan fingerprint density at radius 1 is 1.29 bits per heavy atom. The first-order valence-electron chi connectivity index (χ1n) is 7.03. The molecule has 1 heterocycles. The third-order valence-electron chi connectivity index (χ3n) is 4.34. The number of hydroxylamine groups is 3. The number of aliphatic hydroxyl groups excluding tert-OH is 1. The van der Waals surface area contributed by atoms with Gasteiger partial charge in [-0.3, -0.25) is 0 Å². The molecule has 102 valence electrons. The Morgan fingerprint density at radius 3 is 2.35 bits per heavy atom. The van der Waals surface area contributed by atoms with Crippen molar-refractivity contribution in [3.05, 3.63) is 0 Å². The maximum absolute atomic E-state index is 8.84. The molecule has 3 nitrogen and oxygen atoms in total. The molecule has 0 aromatic heterocycles. The van der Waals surface area contributed by atoms with Gasteiger partial charge < -0.3 is 5.11 Å². The fourth-order valence-corrected chi connectivity index (χ4v) is 2.53. The first-order valence-corrected chi connectivity index (χ1v) is 7.03. The van der Waals surface area contributed by atoms with Crippen LogP contribution >= 0.6 is 0 Å². The first kappa shape index (κ1) is 14.9. The molecule has 3 heteroatoms. The lowest BCUT2D eigenvalue weighted by atomic mass is 9.88. The van der Waals surface area contributed by atoms with Crippen molar-refractivity contribution in [3.8, 4) is 0 Å². The molecule has 0 radical (unpaired) electrons. The summed E-state index contributed by atoms with van der Waals surface area (Å²) in [6, 6.07) is 0.666. The molecular weight excluding hydrogens is 214 g/mol. The van der Waals surface area contributed by atoms with Crippen LogP contribution in [0.5, 0.6) is 0 Å². The van der Waals surface area contributed by atoms with E-state index < -0.39 is 0 Å². The molecule has 0 amide bonds. The number of likely N-dealkylation sites (N-methyl/N-ethyl adjacent to an activating group) is 1. The number of quaternary nitrogens is 1. The van der Waals surface area contributed by atoms with E-state index in [9.17, 15) is 0 Å². The third-order valence-corrected chi connectivity index (χ3v) is 4.34. The van der Waals surface area contributed by atoms with E-state index in [1.807, 2.05) is 0 Å². The van der Waals surface area contributed by atoms with Crippen molar-refractivity contribution in [1.29, 1.82) is 0 Å². The van der Waals surface area contributed by atoms with Gasteiger partial charge in [-0.1, -0.05) is 13.8 Å². The lowest BCUT2D eigenvalue weighted by molar-refractivity contribution is -1.00.